The van der Waals surface area contributed by atoms with E-state index in [0.717, 1.165) is 61.9 Å². The van der Waals surface area contributed by atoms with Crippen LogP contribution in [0.2, 0.25) is 0 Å². The zero-order chi connectivity index (χ0) is 32.5. The predicted octanol–water partition coefficient (Wildman–Crippen LogP) is 10.2. The van der Waals surface area contributed by atoms with E-state index in [2.05, 4.69) is 65.7 Å². The number of aromatic nitrogens is 4. The van der Waals surface area contributed by atoms with Crippen molar-refractivity contribution in [2.45, 2.75) is 43.9 Å². The number of hydrogen-bond acceptors (Lipinski definition) is 6. The summed E-state index contributed by atoms with van der Waals surface area (Å²) in [5, 5.41) is 11.1. The van der Waals surface area contributed by atoms with Crippen molar-refractivity contribution in [1.82, 2.24) is 19.9 Å². The van der Waals surface area contributed by atoms with Gasteiger partial charge in [-0.1, -0.05) is 78.9 Å². The number of nitriles is 1. The molecule has 236 valence electrons. The van der Waals surface area contributed by atoms with E-state index in [4.69, 9.17) is 19.4 Å². The van der Waals surface area contributed by atoms with Crippen LogP contribution in [0.1, 0.15) is 49.7 Å². The molecule has 0 radical (unpaired) electrons. The molecule has 4 bridgehead atoms. The number of nitrogens with zero attached hydrogens (tertiary/aromatic N) is 5. The number of fused-ring (bicyclic) bond motifs is 3. The Morgan fingerprint density at radius 1 is 0.612 bits per heavy atom. The third-order valence-electron chi connectivity index (χ3n) is 11.4. The first-order valence-electron chi connectivity index (χ1n) is 17.4. The van der Waals surface area contributed by atoms with Gasteiger partial charge in [-0.25, -0.2) is 19.9 Å². The lowest BCUT2D eigenvalue weighted by atomic mass is 9.48. The zero-order valence-corrected chi connectivity index (χ0v) is 27.0. The Bertz CT molecular complexity index is 2380. The summed E-state index contributed by atoms with van der Waals surface area (Å²) in [6, 6.07) is 37.2. The Morgan fingerprint density at radius 3 is 1.80 bits per heavy atom. The van der Waals surface area contributed by atoms with Crippen LogP contribution in [-0.2, 0) is 5.41 Å². The molecule has 4 aliphatic rings. The molecule has 6 heteroatoms. The summed E-state index contributed by atoms with van der Waals surface area (Å²) >= 11 is 0. The molecule has 0 unspecified atom stereocenters. The number of para-hydroxylation sites is 1. The summed E-state index contributed by atoms with van der Waals surface area (Å²) in [4.78, 5) is 19.8. The first kappa shape index (κ1) is 28.4. The highest BCUT2D eigenvalue weighted by Crippen LogP contribution is 2.60. The number of rotatable bonds is 5. The molecule has 49 heavy (non-hydrogen) atoms. The van der Waals surface area contributed by atoms with Gasteiger partial charge >= 0.3 is 0 Å². The van der Waals surface area contributed by atoms with Crippen molar-refractivity contribution < 1.29 is 4.42 Å². The zero-order valence-electron chi connectivity index (χ0n) is 27.0. The maximum Gasteiger partial charge on any atom is 0.228 e. The summed E-state index contributed by atoms with van der Waals surface area (Å²) in [7, 11) is 0. The molecule has 0 atom stereocenters. The van der Waals surface area contributed by atoms with Crippen molar-refractivity contribution >= 4 is 22.1 Å². The minimum Gasteiger partial charge on any atom is -0.438 e. The van der Waals surface area contributed by atoms with E-state index >= 15 is 0 Å². The van der Waals surface area contributed by atoms with Gasteiger partial charge in [-0.2, -0.15) is 5.26 Å². The van der Waals surface area contributed by atoms with E-state index in [0.29, 0.717) is 34.2 Å². The van der Waals surface area contributed by atoms with Crippen LogP contribution in [0.5, 0.6) is 0 Å². The van der Waals surface area contributed by atoms with Gasteiger partial charge in [0.05, 0.1) is 17.0 Å². The molecule has 4 aliphatic carbocycles. The molecule has 3 heterocycles. The lowest BCUT2D eigenvalue weighted by Crippen LogP contribution is -2.48. The van der Waals surface area contributed by atoms with E-state index in [1.54, 1.807) is 6.20 Å². The largest absolute Gasteiger partial charge is 0.438 e. The maximum atomic E-state index is 9.21. The van der Waals surface area contributed by atoms with Crippen molar-refractivity contribution in [2.75, 3.05) is 0 Å². The lowest BCUT2D eigenvalue weighted by Gasteiger charge is -2.57. The van der Waals surface area contributed by atoms with Crippen LogP contribution in [0.15, 0.2) is 114 Å². The first-order valence-corrected chi connectivity index (χ1v) is 17.4. The second kappa shape index (κ2) is 10.9. The van der Waals surface area contributed by atoms with Gasteiger partial charge in [-0.3, -0.25) is 0 Å². The van der Waals surface area contributed by atoms with Gasteiger partial charge in [0.15, 0.2) is 17.5 Å². The smallest absolute Gasteiger partial charge is 0.228 e. The molecule has 4 aromatic carbocycles. The Labute approximate surface area is 284 Å². The minimum atomic E-state index is 0.338. The van der Waals surface area contributed by atoms with Crippen LogP contribution in [0.4, 0.5) is 0 Å². The standard InChI is InChI=1S/C43H33N5O/c44-25-26-5-7-30(8-6-26)31-9-11-32(12-10-31)39-46-40(33-13-15-34(16-14-33)43-22-27-19-28(23-43)21-29(20-27)24-43)48-41(47-39)36-17-18-45-42-38(36)35-3-1-2-4-37(35)49-42/h1-18,27-29H,19-24H2/t27-,28+,29?,43-. The summed E-state index contributed by atoms with van der Waals surface area (Å²) in [6.45, 7) is 0. The molecular weight excluding hydrogens is 603 g/mol. The van der Waals surface area contributed by atoms with Crippen molar-refractivity contribution in [1.29, 1.82) is 5.26 Å². The van der Waals surface area contributed by atoms with E-state index in [1.165, 1.54) is 44.1 Å². The maximum absolute atomic E-state index is 9.21. The Kier molecular flexibility index (Phi) is 6.33. The molecule has 11 rings (SSSR count). The summed E-state index contributed by atoms with van der Waals surface area (Å²) in [6.07, 6.45) is 10.1. The molecule has 7 aromatic rings. The normalized spacial score (nSPS) is 22.5. The Morgan fingerprint density at radius 2 is 1.16 bits per heavy atom. The monoisotopic (exact) mass is 635 g/mol. The van der Waals surface area contributed by atoms with Crippen LogP contribution in [0.3, 0.4) is 0 Å². The quantitative estimate of drug-likeness (QED) is 0.187. The highest BCUT2D eigenvalue weighted by Gasteiger charge is 2.51. The molecule has 0 aliphatic heterocycles. The first-order chi connectivity index (χ1) is 24.1. The predicted molar refractivity (Wildman–Crippen MR) is 191 cm³/mol. The molecule has 0 saturated heterocycles. The number of benzene rings is 4. The second-order valence-corrected chi connectivity index (χ2v) is 14.5. The van der Waals surface area contributed by atoms with E-state index in [-0.39, 0.29) is 0 Å². The molecule has 4 saturated carbocycles. The van der Waals surface area contributed by atoms with E-state index in [9.17, 15) is 5.26 Å². The topological polar surface area (TPSA) is 88.5 Å². The van der Waals surface area contributed by atoms with Gasteiger partial charge in [-0.15, -0.1) is 0 Å². The fraction of sp³-hybridized carbons (Fsp3) is 0.233. The average molecular weight is 636 g/mol. The minimum absolute atomic E-state index is 0.338. The molecule has 4 fully saturated rings. The molecular formula is C43H33N5O. The second-order valence-electron chi connectivity index (χ2n) is 14.5. The van der Waals surface area contributed by atoms with Crippen molar-refractivity contribution in [3.63, 3.8) is 0 Å². The summed E-state index contributed by atoms with van der Waals surface area (Å²) < 4.78 is 6.13. The van der Waals surface area contributed by atoms with Crippen LogP contribution in [-0.4, -0.2) is 19.9 Å². The average Bonchev–Trinajstić information content (AvgIpc) is 3.53. The fourth-order valence-corrected chi connectivity index (χ4v) is 9.57. The number of hydrogen-bond donors (Lipinski definition) is 0. The number of pyridine rings is 1. The summed E-state index contributed by atoms with van der Waals surface area (Å²) in [5.41, 5.74) is 8.67. The van der Waals surface area contributed by atoms with E-state index in [1.807, 2.05) is 48.5 Å². The fourth-order valence-electron chi connectivity index (χ4n) is 9.57. The van der Waals surface area contributed by atoms with Gasteiger partial charge < -0.3 is 4.42 Å². The molecule has 0 spiro atoms. The highest BCUT2D eigenvalue weighted by molar-refractivity contribution is 6.10. The molecule has 0 amide bonds. The molecule has 6 nitrogen and oxygen atoms in total. The van der Waals surface area contributed by atoms with Crippen LogP contribution < -0.4 is 0 Å². The van der Waals surface area contributed by atoms with Crippen molar-refractivity contribution in [3.8, 4) is 51.4 Å². The third kappa shape index (κ3) is 4.76. The Balaban J connectivity index is 1.08. The third-order valence-corrected chi connectivity index (χ3v) is 11.4. The van der Waals surface area contributed by atoms with Crippen LogP contribution in [0.25, 0.3) is 67.4 Å². The Hall–Kier alpha value is -5.67. The van der Waals surface area contributed by atoms with Gasteiger partial charge in [0.25, 0.3) is 0 Å². The molecule has 0 N–H and O–H groups in total. The highest BCUT2D eigenvalue weighted by atomic mass is 16.3. The lowest BCUT2D eigenvalue weighted by molar-refractivity contribution is -0.00518. The van der Waals surface area contributed by atoms with Crippen LogP contribution in [0, 0.1) is 29.1 Å². The van der Waals surface area contributed by atoms with Crippen LogP contribution >= 0.6 is 0 Å². The van der Waals surface area contributed by atoms with Gasteiger partial charge in [0.2, 0.25) is 5.71 Å². The van der Waals surface area contributed by atoms with Gasteiger partial charge in [0.1, 0.15) is 5.58 Å². The van der Waals surface area contributed by atoms with Gasteiger partial charge in [0, 0.05) is 28.3 Å². The van der Waals surface area contributed by atoms with E-state index < -0.39 is 0 Å². The number of furan rings is 1. The summed E-state index contributed by atoms with van der Waals surface area (Å²) in [5.74, 6) is 4.54. The van der Waals surface area contributed by atoms with Crippen molar-refractivity contribution in [3.05, 3.63) is 120 Å². The van der Waals surface area contributed by atoms with Gasteiger partial charge in [-0.05, 0) is 103 Å². The SMILES string of the molecule is N#Cc1ccc(-c2ccc(-c3nc(-c4ccc([C@]56CC7C[C@H](C[C@H](C7)C5)C6)cc4)nc(-c4ccnc5oc6ccccc6c45)n3)cc2)cc1. The molecule has 3 aromatic heterocycles. The van der Waals surface area contributed by atoms with Crippen molar-refractivity contribution in [2.24, 2.45) is 17.8 Å².